The van der Waals surface area contributed by atoms with Crippen LogP contribution in [-0.4, -0.2) is 31.5 Å². The summed E-state index contributed by atoms with van der Waals surface area (Å²) in [5.74, 6) is -0.123. The Bertz CT molecular complexity index is 1120. The highest BCUT2D eigenvalue weighted by Crippen LogP contribution is 2.23. The van der Waals surface area contributed by atoms with Gasteiger partial charge in [0.05, 0.1) is 22.5 Å². The third-order valence-electron chi connectivity index (χ3n) is 6.33. The highest BCUT2D eigenvalue weighted by atomic mass is 16.2. The van der Waals surface area contributed by atoms with Crippen LogP contribution in [0.4, 0.5) is 0 Å². The van der Waals surface area contributed by atoms with Crippen LogP contribution in [0.25, 0.3) is 16.6 Å². The molecule has 1 N–H and O–H groups in total. The Hall–Kier alpha value is -2.96. The number of carbonyl (C=O) groups excluding carboxylic acids is 1. The van der Waals surface area contributed by atoms with Gasteiger partial charge in [-0.25, -0.2) is 9.36 Å². The topological polar surface area (TPSA) is 81.8 Å². The first-order valence-corrected chi connectivity index (χ1v) is 11.4. The number of fused-ring (bicyclic) bond motifs is 1. The monoisotopic (exact) mass is 421 g/mol. The molecule has 2 heterocycles. The van der Waals surface area contributed by atoms with Crippen LogP contribution < -0.4 is 10.9 Å². The van der Waals surface area contributed by atoms with E-state index in [1.165, 1.54) is 17.5 Å². The molecule has 1 fully saturated rings. The maximum absolute atomic E-state index is 13.4. The summed E-state index contributed by atoms with van der Waals surface area (Å²) < 4.78 is 3.11. The summed E-state index contributed by atoms with van der Waals surface area (Å²) in [7, 11) is 0. The maximum Gasteiger partial charge on any atom is 0.295 e. The predicted octanol–water partition coefficient (Wildman–Crippen LogP) is 3.99. The van der Waals surface area contributed by atoms with Crippen LogP contribution in [0.15, 0.2) is 35.1 Å². The van der Waals surface area contributed by atoms with E-state index in [1.54, 1.807) is 4.68 Å². The van der Waals surface area contributed by atoms with Crippen LogP contribution in [0.2, 0.25) is 0 Å². The van der Waals surface area contributed by atoms with Crippen molar-refractivity contribution in [1.29, 1.82) is 0 Å². The van der Waals surface area contributed by atoms with E-state index in [-0.39, 0.29) is 17.5 Å². The van der Waals surface area contributed by atoms with Gasteiger partial charge in [0.1, 0.15) is 6.04 Å². The van der Waals surface area contributed by atoms with E-state index in [2.05, 4.69) is 15.5 Å². The van der Waals surface area contributed by atoms with Crippen molar-refractivity contribution in [3.63, 3.8) is 0 Å². The minimum atomic E-state index is -0.638. The number of hydrogen-bond donors (Lipinski definition) is 1. The Labute approximate surface area is 182 Å². The number of nitrogens with zero attached hydrogens (tertiary/aromatic N) is 4. The molecular weight excluding hydrogens is 390 g/mol. The lowest BCUT2D eigenvalue weighted by molar-refractivity contribution is -0.125. The van der Waals surface area contributed by atoms with Crippen LogP contribution >= 0.6 is 0 Å². The molecule has 1 aliphatic rings. The largest absolute Gasteiger partial charge is 0.352 e. The molecule has 31 heavy (non-hydrogen) atoms. The van der Waals surface area contributed by atoms with Gasteiger partial charge in [-0.1, -0.05) is 50.8 Å². The van der Waals surface area contributed by atoms with E-state index >= 15 is 0 Å². The first kappa shape index (κ1) is 21.3. The number of amides is 1. The molecular formula is C24H31N5O2. The highest BCUT2D eigenvalue weighted by Gasteiger charge is 2.27. The normalized spacial score (nSPS) is 16.2. The fraction of sp³-hybridized carbons (Fsp3) is 0.500. The van der Waals surface area contributed by atoms with Crippen molar-refractivity contribution in [2.75, 3.05) is 0 Å². The Kier molecular flexibility index (Phi) is 6.20. The Morgan fingerprint density at radius 1 is 1.10 bits per heavy atom. The third kappa shape index (κ3) is 4.13. The van der Waals surface area contributed by atoms with Gasteiger partial charge in [0, 0.05) is 6.04 Å². The first-order valence-electron chi connectivity index (χ1n) is 11.4. The Morgan fingerprint density at radius 3 is 2.42 bits per heavy atom. The van der Waals surface area contributed by atoms with Gasteiger partial charge in [0.15, 0.2) is 5.52 Å². The van der Waals surface area contributed by atoms with Crippen molar-refractivity contribution in [2.24, 2.45) is 0 Å². The summed E-state index contributed by atoms with van der Waals surface area (Å²) in [4.78, 5) is 26.5. The summed E-state index contributed by atoms with van der Waals surface area (Å²) in [6.07, 6.45) is 7.23. The van der Waals surface area contributed by atoms with Crippen LogP contribution in [0.1, 0.15) is 69.3 Å². The zero-order chi connectivity index (χ0) is 22.0. The number of nitrogens with one attached hydrogen (secondary N) is 1. The van der Waals surface area contributed by atoms with E-state index in [9.17, 15) is 9.59 Å². The van der Waals surface area contributed by atoms with Crippen LogP contribution in [-0.2, 0) is 4.79 Å². The van der Waals surface area contributed by atoms with Gasteiger partial charge in [-0.3, -0.25) is 9.59 Å². The maximum atomic E-state index is 13.4. The minimum absolute atomic E-state index is 0.123. The number of para-hydroxylation sites is 1. The zero-order valence-electron chi connectivity index (χ0n) is 18.6. The van der Waals surface area contributed by atoms with Crippen molar-refractivity contribution in [3.05, 3.63) is 52.1 Å². The standard InChI is InChI=1S/C24H31N5O2/c1-4-20(23(30)25-18-12-8-5-6-9-13-18)29-24(31)22-21(16(2)26-29)17(3)28(27-22)19-14-10-7-11-15-19/h7,10-11,14-15,18,20H,4-6,8-9,12-13H2,1-3H3,(H,25,30)/t20-/m1/s1. The Balaban J connectivity index is 1.72. The number of carbonyl (C=O) groups is 1. The van der Waals surface area contributed by atoms with Crippen molar-refractivity contribution in [3.8, 4) is 5.69 Å². The van der Waals surface area contributed by atoms with Crippen LogP contribution in [0, 0.1) is 13.8 Å². The fourth-order valence-corrected chi connectivity index (χ4v) is 4.67. The van der Waals surface area contributed by atoms with Crippen molar-refractivity contribution < 1.29 is 4.79 Å². The van der Waals surface area contributed by atoms with E-state index in [0.717, 1.165) is 42.5 Å². The number of aromatic nitrogens is 4. The van der Waals surface area contributed by atoms with Gasteiger partial charge >= 0.3 is 0 Å². The van der Waals surface area contributed by atoms with E-state index in [0.29, 0.717) is 17.6 Å². The SMILES string of the molecule is CC[C@H](C(=O)NC1CCCCCC1)n1nc(C)c2c(C)n(-c3ccccc3)nc2c1=O. The van der Waals surface area contributed by atoms with E-state index in [4.69, 9.17) is 0 Å². The predicted molar refractivity (Wildman–Crippen MR) is 122 cm³/mol. The van der Waals surface area contributed by atoms with Gasteiger partial charge in [0.25, 0.3) is 5.56 Å². The van der Waals surface area contributed by atoms with Crippen LogP contribution in [0.3, 0.4) is 0 Å². The first-order chi connectivity index (χ1) is 15.0. The third-order valence-corrected chi connectivity index (χ3v) is 6.33. The molecule has 1 aliphatic carbocycles. The molecule has 1 saturated carbocycles. The molecule has 0 bridgehead atoms. The van der Waals surface area contributed by atoms with Crippen molar-refractivity contribution in [2.45, 2.75) is 77.8 Å². The quantitative estimate of drug-likeness (QED) is 0.632. The van der Waals surface area contributed by atoms with E-state index < -0.39 is 6.04 Å². The van der Waals surface area contributed by atoms with Crippen molar-refractivity contribution >= 4 is 16.8 Å². The fourth-order valence-electron chi connectivity index (χ4n) is 4.67. The molecule has 0 radical (unpaired) electrons. The van der Waals surface area contributed by atoms with E-state index in [1.807, 2.05) is 51.1 Å². The molecule has 7 heteroatoms. The molecule has 1 aromatic carbocycles. The smallest absolute Gasteiger partial charge is 0.295 e. The second-order valence-electron chi connectivity index (χ2n) is 8.51. The number of aryl methyl sites for hydroxylation is 2. The summed E-state index contributed by atoms with van der Waals surface area (Å²) in [6, 6.07) is 9.28. The molecule has 0 aliphatic heterocycles. The second-order valence-corrected chi connectivity index (χ2v) is 8.51. The second kappa shape index (κ2) is 9.04. The lowest BCUT2D eigenvalue weighted by Gasteiger charge is -2.22. The minimum Gasteiger partial charge on any atom is -0.352 e. The lowest BCUT2D eigenvalue weighted by atomic mass is 10.1. The zero-order valence-corrected chi connectivity index (χ0v) is 18.6. The summed E-state index contributed by atoms with van der Waals surface area (Å²) in [5.41, 5.74) is 2.50. The van der Waals surface area contributed by atoms with Gasteiger partial charge in [0.2, 0.25) is 5.91 Å². The van der Waals surface area contributed by atoms with Gasteiger partial charge in [-0.05, 0) is 45.2 Å². The van der Waals surface area contributed by atoms with Gasteiger partial charge in [-0.2, -0.15) is 10.2 Å². The van der Waals surface area contributed by atoms with Crippen molar-refractivity contribution in [1.82, 2.24) is 24.9 Å². The molecule has 3 aromatic rings. The molecule has 2 aromatic heterocycles. The summed E-state index contributed by atoms with van der Waals surface area (Å²) in [6.45, 7) is 5.73. The average molecular weight is 422 g/mol. The number of rotatable bonds is 5. The lowest BCUT2D eigenvalue weighted by Crippen LogP contribution is -2.43. The summed E-state index contributed by atoms with van der Waals surface area (Å²) in [5, 5.41) is 13.1. The Morgan fingerprint density at radius 2 is 1.77 bits per heavy atom. The van der Waals surface area contributed by atoms with Gasteiger partial charge < -0.3 is 5.32 Å². The highest BCUT2D eigenvalue weighted by molar-refractivity contribution is 5.84. The molecule has 4 rings (SSSR count). The molecule has 0 saturated heterocycles. The molecule has 7 nitrogen and oxygen atoms in total. The average Bonchev–Trinajstić information content (AvgIpc) is 2.93. The summed E-state index contributed by atoms with van der Waals surface area (Å²) >= 11 is 0. The van der Waals surface area contributed by atoms with Crippen LogP contribution in [0.5, 0.6) is 0 Å². The molecule has 0 spiro atoms. The number of hydrogen-bond acceptors (Lipinski definition) is 4. The molecule has 1 atom stereocenters. The molecule has 1 amide bonds. The number of benzene rings is 1. The molecule has 0 unspecified atom stereocenters. The molecule has 164 valence electrons. The van der Waals surface area contributed by atoms with Gasteiger partial charge in [-0.15, -0.1) is 0 Å².